The van der Waals surface area contributed by atoms with Crippen LogP contribution in [0.4, 0.5) is 0 Å². The van der Waals surface area contributed by atoms with Gasteiger partial charge in [0.05, 0.1) is 72.1 Å². The van der Waals surface area contributed by atoms with E-state index in [2.05, 4.69) is 0 Å². The van der Waals surface area contributed by atoms with E-state index in [1.54, 1.807) is 48.5 Å². The highest BCUT2D eigenvalue weighted by Gasteiger charge is 2.56. The lowest BCUT2D eigenvalue weighted by atomic mass is 10.0. The minimum atomic E-state index is -2.14. The van der Waals surface area contributed by atoms with Gasteiger partial charge in [0.2, 0.25) is 5.16 Å². The van der Waals surface area contributed by atoms with Crippen molar-refractivity contribution in [1.29, 1.82) is 0 Å². The van der Waals surface area contributed by atoms with E-state index < -0.39 is 114 Å². The van der Waals surface area contributed by atoms with Gasteiger partial charge in [0.1, 0.15) is 69.3 Å². The molecule has 0 N–H and O–H groups in total. The van der Waals surface area contributed by atoms with Gasteiger partial charge in [-0.05, 0) is 80.1 Å². The van der Waals surface area contributed by atoms with Gasteiger partial charge in [0.15, 0.2) is 41.7 Å². The summed E-state index contributed by atoms with van der Waals surface area (Å²) in [4.78, 5) is 104. The molecule has 24 nitrogen and oxygen atoms in total. The third kappa shape index (κ3) is 25.4. The number of ether oxygens (including phenoxy) is 16. The van der Waals surface area contributed by atoms with Crippen molar-refractivity contribution in [2.75, 3.05) is 85.4 Å². The molecule has 4 heterocycles. The van der Waals surface area contributed by atoms with E-state index in [-0.39, 0.29) is 129 Å². The highest BCUT2D eigenvalue weighted by Crippen LogP contribution is 2.48. The fourth-order valence-electron chi connectivity index (χ4n) is 8.83. The first-order chi connectivity index (χ1) is 38.3. The molecule has 4 aliphatic rings. The van der Waals surface area contributed by atoms with E-state index in [4.69, 9.17) is 87.6 Å². The average molecular weight is 1200 g/mol. The molecule has 462 valence electrons. The predicted molar refractivity (Wildman–Crippen MR) is 288 cm³/mol. The Morgan fingerprint density at radius 2 is 0.877 bits per heavy atom. The van der Waals surface area contributed by atoms with Gasteiger partial charge in [0, 0.05) is 32.1 Å². The van der Waals surface area contributed by atoms with E-state index in [0.717, 1.165) is 0 Å². The molecule has 26 heteroatoms. The molecule has 0 spiro atoms. The second-order valence-corrected chi connectivity index (χ2v) is 25.0. The molecular weight excluding hydrogens is 1110 g/mol. The van der Waals surface area contributed by atoms with Crippen LogP contribution in [0.2, 0.25) is 0 Å². The number of esters is 8. The molecule has 9 unspecified atom stereocenters. The number of carbonyl (C=O) groups excluding carboxylic acids is 8. The van der Waals surface area contributed by atoms with Gasteiger partial charge in [-0.1, -0.05) is 20.8 Å². The van der Waals surface area contributed by atoms with Gasteiger partial charge in [-0.3, -0.25) is 33.6 Å². The maximum absolute atomic E-state index is 14.5. The topological polar surface area (TPSA) is 284 Å². The maximum Gasteiger partial charge on any atom is 0.359 e. The van der Waals surface area contributed by atoms with Crippen molar-refractivity contribution in [3.8, 4) is 0 Å². The van der Waals surface area contributed by atoms with Crippen LogP contribution in [0.5, 0.6) is 0 Å². The van der Waals surface area contributed by atoms with E-state index in [1.807, 2.05) is 13.8 Å². The van der Waals surface area contributed by atoms with Crippen molar-refractivity contribution >= 4 is 66.3 Å². The summed E-state index contributed by atoms with van der Waals surface area (Å²) in [6.45, 7) is 13.6. The minimum absolute atomic E-state index is 0.0154. The molecule has 0 radical (unpaired) electrons. The molecule has 81 heavy (non-hydrogen) atoms. The third-order valence-electron chi connectivity index (χ3n) is 13.4. The normalized spacial score (nSPS) is 25.0. The molecule has 0 aliphatic carbocycles. The second kappa shape index (κ2) is 34.1. The molecule has 4 fully saturated rings. The molecule has 4 aliphatic heterocycles. The van der Waals surface area contributed by atoms with Crippen LogP contribution in [0.3, 0.4) is 0 Å². The van der Waals surface area contributed by atoms with Crippen molar-refractivity contribution in [2.24, 2.45) is 5.92 Å². The fraction of sp³-hybridized carbons (Fsp3) is 0.855. The zero-order valence-electron chi connectivity index (χ0n) is 48.8. The van der Waals surface area contributed by atoms with Gasteiger partial charge in [0.25, 0.3) is 0 Å². The summed E-state index contributed by atoms with van der Waals surface area (Å²) in [7, 11) is 0. The van der Waals surface area contributed by atoms with Gasteiger partial charge in [-0.25, -0.2) is 4.79 Å². The monoisotopic (exact) mass is 1200 g/mol. The lowest BCUT2D eigenvalue weighted by Crippen LogP contribution is -2.42. The number of unbranched alkanes of at least 4 members (excludes halogenated alkanes) is 2. The smallest absolute Gasteiger partial charge is 0.359 e. The van der Waals surface area contributed by atoms with Crippen LogP contribution in [0.1, 0.15) is 159 Å². The summed E-state index contributed by atoms with van der Waals surface area (Å²) < 4.78 is 90.6. The van der Waals surface area contributed by atoms with Crippen LogP contribution in [0.15, 0.2) is 0 Å². The first-order valence-electron chi connectivity index (χ1n) is 28.3. The van der Waals surface area contributed by atoms with Crippen LogP contribution in [0, 0.1) is 5.92 Å². The predicted octanol–water partition coefficient (Wildman–Crippen LogP) is 6.11. The minimum Gasteiger partial charge on any atom is -0.466 e. The number of carbonyl (C=O) groups is 8. The Labute approximate surface area is 481 Å². The summed E-state index contributed by atoms with van der Waals surface area (Å²) in [5.41, 5.74) is 0. The molecule has 0 bridgehead atoms. The Kier molecular flexibility index (Phi) is 29.2. The molecular formula is C55H88O24PS+. The molecule has 9 atom stereocenters. The Bertz CT molecular complexity index is 2090. The molecule has 0 saturated carbocycles. The summed E-state index contributed by atoms with van der Waals surface area (Å²) in [6, 6.07) is 0. The molecule has 0 aromatic rings. The van der Waals surface area contributed by atoms with Gasteiger partial charge >= 0.3 is 47.8 Å². The van der Waals surface area contributed by atoms with Gasteiger partial charge in [-0.2, -0.15) is 0 Å². The Morgan fingerprint density at radius 1 is 0.494 bits per heavy atom. The molecule has 4 saturated heterocycles. The van der Waals surface area contributed by atoms with Gasteiger partial charge in [-0.15, -0.1) is 0 Å². The molecule has 0 aromatic heterocycles. The standard InChI is InChI=1S/C55H88O24PS/c1-10-17-43(56)64-23-13-15-25-66-45(58)19-21-53(8)74-35-41(78-53)29-68-47(60)27-38(49(62)70-31-39-33-72-51(4,5)76-39)37-80(81)55(12-3,50(63)71-32-40-34-73-52(6,7)77-40)28-48(61)69-30-42-36-75-54(9,79-42)22-20-46(59)67-26-16-14-24-65-44(57)18-11-2/h38-42H,10-37H2,1-9H3/q+1. The van der Waals surface area contributed by atoms with Crippen LogP contribution in [-0.2, 0) is 126 Å². The highest BCUT2D eigenvalue weighted by atomic mass is 32.4. The third-order valence-corrected chi connectivity index (χ3v) is 17.3. The second-order valence-electron chi connectivity index (χ2n) is 21.7. The quantitative estimate of drug-likeness (QED) is 0.0292. The molecule has 4 rings (SSSR count). The Balaban J connectivity index is 1.36. The van der Waals surface area contributed by atoms with Crippen LogP contribution < -0.4 is 0 Å². The highest BCUT2D eigenvalue weighted by molar-refractivity contribution is 8.06. The Morgan fingerprint density at radius 3 is 1.28 bits per heavy atom. The molecule has 0 aromatic carbocycles. The van der Waals surface area contributed by atoms with Crippen LogP contribution >= 0.6 is 6.70 Å². The first-order valence-corrected chi connectivity index (χ1v) is 30.8. The van der Waals surface area contributed by atoms with E-state index in [1.165, 1.54) is 0 Å². The number of rotatable bonds is 38. The number of hydrogen-bond donors (Lipinski definition) is 0. The summed E-state index contributed by atoms with van der Waals surface area (Å²) in [6.07, 6.45) is 0.413. The lowest BCUT2D eigenvalue weighted by molar-refractivity contribution is -0.175. The largest absolute Gasteiger partial charge is 0.466 e. The van der Waals surface area contributed by atoms with Crippen LogP contribution in [0.25, 0.3) is 0 Å². The summed E-state index contributed by atoms with van der Waals surface area (Å²) >= 11 is 6.14. The SMILES string of the molecule is CCCC(=O)OCCCCOC(=O)CCC1(C)OCC(COC(=O)CC(C[P+](=S)C(CC)(CC(=O)OCC2COC(C)(CCC(=O)OCCCCOC(=O)CCC)O2)C(=O)OCC2COC(C)(C)O2)C(=O)OCC2COC(C)(C)O2)O1. The van der Waals surface area contributed by atoms with Crippen molar-refractivity contribution in [2.45, 2.75) is 211 Å². The van der Waals surface area contributed by atoms with Crippen molar-refractivity contribution < 1.29 is 114 Å². The van der Waals surface area contributed by atoms with Crippen molar-refractivity contribution in [1.82, 2.24) is 0 Å². The first kappa shape index (κ1) is 69.5. The van der Waals surface area contributed by atoms with Crippen molar-refractivity contribution in [3.05, 3.63) is 0 Å². The zero-order valence-corrected chi connectivity index (χ0v) is 50.6. The maximum atomic E-state index is 14.5. The van der Waals surface area contributed by atoms with E-state index >= 15 is 0 Å². The lowest BCUT2D eigenvalue weighted by Gasteiger charge is -2.25. The zero-order chi connectivity index (χ0) is 59.7. The number of hydrogen-bond acceptors (Lipinski definition) is 25. The molecule has 0 amide bonds. The van der Waals surface area contributed by atoms with Gasteiger partial charge < -0.3 is 75.8 Å². The average Bonchev–Trinajstić information content (AvgIpc) is 4.19. The van der Waals surface area contributed by atoms with Crippen molar-refractivity contribution in [3.63, 3.8) is 0 Å². The van der Waals surface area contributed by atoms with E-state index in [9.17, 15) is 38.4 Å². The van der Waals surface area contributed by atoms with E-state index in [0.29, 0.717) is 51.4 Å². The fourth-order valence-corrected chi connectivity index (χ4v) is 12.1. The summed E-state index contributed by atoms with van der Waals surface area (Å²) in [5, 5.41) is -1.73. The van der Waals surface area contributed by atoms with Crippen LogP contribution in [-0.4, -0.2) is 186 Å². The Hall–Kier alpha value is -4.04. The summed E-state index contributed by atoms with van der Waals surface area (Å²) in [5.74, 6) is -10.3.